The summed E-state index contributed by atoms with van der Waals surface area (Å²) in [6.07, 6.45) is 4.74. The van der Waals surface area contributed by atoms with E-state index in [2.05, 4.69) is 4.98 Å². The number of carbonyl (C=O) groups excluding carboxylic acids is 1. The smallest absolute Gasteiger partial charge is 0.334 e. The van der Waals surface area contributed by atoms with Gasteiger partial charge in [-0.1, -0.05) is 19.4 Å². The maximum atomic E-state index is 13.3. The van der Waals surface area contributed by atoms with Gasteiger partial charge in [0.05, 0.1) is 19.6 Å². The molecule has 11 nitrogen and oxygen atoms in total. The minimum atomic E-state index is -0.868. The molecular formula is C24H33N5O6. The van der Waals surface area contributed by atoms with Crippen molar-refractivity contribution in [3.05, 3.63) is 50.3 Å². The van der Waals surface area contributed by atoms with Crippen LogP contribution < -0.4 is 21.7 Å². The average molecular weight is 488 g/mol. The molecule has 1 aliphatic carbocycles. The lowest BCUT2D eigenvalue weighted by Crippen LogP contribution is -2.48. The molecule has 4 N–H and O–H groups in total. The largest absolute Gasteiger partial charge is 0.494 e. The van der Waals surface area contributed by atoms with Crippen LogP contribution in [0.4, 0.5) is 0 Å². The number of amidine groups is 1. The van der Waals surface area contributed by atoms with E-state index in [1.165, 1.54) is 14.2 Å². The molecule has 0 unspecified atom stereocenters. The van der Waals surface area contributed by atoms with Gasteiger partial charge in [-0.25, -0.2) is 9.78 Å². The highest BCUT2D eigenvalue weighted by molar-refractivity contribution is 5.96. The lowest BCUT2D eigenvalue weighted by atomic mass is 9.69. The fraction of sp³-hybridized carbons (Fsp3) is 0.542. The van der Waals surface area contributed by atoms with E-state index in [1.807, 2.05) is 13.0 Å². The molecule has 1 saturated carbocycles. The minimum absolute atomic E-state index is 0.196. The molecule has 1 fully saturated rings. The first-order valence-electron chi connectivity index (χ1n) is 11.7. The molecule has 0 amide bonds. The quantitative estimate of drug-likeness (QED) is 0.273. The van der Waals surface area contributed by atoms with Crippen LogP contribution >= 0.6 is 0 Å². The van der Waals surface area contributed by atoms with Gasteiger partial charge >= 0.3 is 11.7 Å². The topological polar surface area (TPSA) is 163 Å². The summed E-state index contributed by atoms with van der Waals surface area (Å²) >= 11 is 0. The van der Waals surface area contributed by atoms with E-state index in [9.17, 15) is 19.5 Å². The minimum Gasteiger partial charge on any atom is -0.494 e. The second-order valence-electron chi connectivity index (χ2n) is 8.93. The van der Waals surface area contributed by atoms with Crippen molar-refractivity contribution >= 4 is 11.8 Å². The first kappa shape index (κ1) is 26.0. The van der Waals surface area contributed by atoms with Crippen LogP contribution in [0.2, 0.25) is 0 Å². The molecule has 0 saturated heterocycles. The number of unbranched alkanes of at least 4 members (excludes halogenated alkanes) is 1. The molecule has 35 heavy (non-hydrogen) atoms. The van der Waals surface area contributed by atoms with Gasteiger partial charge in [0.1, 0.15) is 11.4 Å². The number of pyridine rings is 1. The van der Waals surface area contributed by atoms with Gasteiger partial charge in [-0.2, -0.15) is 0 Å². The van der Waals surface area contributed by atoms with E-state index < -0.39 is 34.4 Å². The lowest BCUT2D eigenvalue weighted by Gasteiger charge is -2.38. The van der Waals surface area contributed by atoms with Crippen molar-refractivity contribution in [2.45, 2.75) is 64.5 Å². The van der Waals surface area contributed by atoms with Crippen LogP contribution in [-0.4, -0.2) is 45.2 Å². The molecule has 3 rings (SSSR count). The third-order valence-electron chi connectivity index (χ3n) is 6.82. The van der Waals surface area contributed by atoms with Crippen LogP contribution in [0.3, 0.4) is 0 Å². The summed E-state index contributed by atoms with van der Waals surface area (Å²) in [5, 5.41) is 18.3. The second kappa shape index (κ2) is 10.7. The first-order valence-corrected chi connectivity index (χ1v) is 11.7. The van der Waals surface area contributed by atoms with Gasteiger partial charge in [-0.3, -0.25) is 24.1 Å². The number of rotatable bonds is 9. The number of methoxy groups -OCH3 is 2. The Morgan fingerprint density at radius 3 is 2.57 bits per heavy atom. The summed E-state index contributed by atoms with van der Waals surface area (Å²) in [6, 6.07) is 3.10. The lowest BCUT2D eigenvalue weighted by molar-refractivity contribution is -0.155. The molecule has 2 aromatic heterocycles. The molecule has 2 aromatic rings. The summed E-state index contributed by atoms with van der Waals surface area (Å²) < 4.78 is 12.7. The average Bonchev–Trinajstić information content (AvgIpc) is 2.84. The monoisotopic (exact) mass is 487 g/mol. The molecule has 1 aliphatic rings. The van der Waals surface area contributed by atoms with E-state index in [0.717, 1.165) is 21.1 Å². The van der Waals surface area contributed by atoms with Crippen LogP contribution in [0.5, 0.6) is 11.8 Å². The van der Waals surface area contributed by atoms with Crippen molar-refractivity contribution in [1.29, 1.82) is 5.41 Å². The summed E-state index contributed by atoms with van der Waals surface area (Å²) in [5.41, 5.74) is 3.67. The highest BCUT2D eigenvalue weighted by Gasteiger charge is 2.44. The molecule has 2 heterocycles. The summed E-state index contributed by atoms with van der Waals surface area (Å²) in [6.45, 7) is 2.14. The number of nitrogens with one attached hydrogen (secondary N) is 1. The number of carbonyl (C=O) groups is 1. The Kier molecular flexibility index (Phi) is 7.98. The number of hydrogen-bond donors (Lipinski definition) is 3. The molecule has 0 spiro atoms. The zero-order valence-electron chi connectivity index (χ0n) is 20.4. The highest BCUT2D eigenvalue weighted by atomic mass is 16.5. The number of nitrogen functional groups attached to an aromatic ring is 1. The zero-order valence-corrected chi connectivity index (χ0v) is 20.4. The van der Waals surface area contributed by atoms with Gasteiger partial charge < -0.3 is 20.3 Å². The fourth-order valence-electron chi connectivity index (χ4n) is 4.92. The Labute approximate surface area is 203 Å². The number of nitrogens with zero attached hydrogens (tertiary/aromatic N) is 3. The van der Waals surface area contributed by atoms with Crippen LogP contribution in [0.1, 0.15) is 62.6 Å². The van der Waals surface area contributed by atoms with Crippen LogP contribution in [0.25, 0.3) is 0 Å². The van der Waals surface area contributed by atoms with Crippen LogP contribution in [-0.2, 0) is 22.5 Å². The van der Waals surface area contributed by atoms with Gasteiger partial charge in [-0.05, 0) is 44.6 Å². The Morgan fingerprint density at radius 1 is 1.31 bits per heavy atom. The van der Waals surface area contributed by atoms with Crippen molar-refractivity contribution in [2.75, 3.05) is 14.2 Å². The van der Waals surface area contributed by atoms with Gasteiger partial charge in [0.2, 0.25) is 11.8 Å². The molecule has 0 aromatic carbocycles. The van der Waals surface area contributed by atoms with Gasteiger partial charge in [0, 0.05) is 24.3 Å². The molecule has 0 aliphatic heterocycles. The Bertz CT molecular complexity index is 1210. The van der Waals surface area contributed by atoms with Crippen molar-refractivity contribution < 1.29 is 19.4 Å². The Balaban J connectivity index is 2.00. The van der Waals surface area contributed by atoms with Gasteiger partial charge in [-0.15, -0.1) is 0 Å². The maximum Gasteiger partial charge on any atom is 0.334 e. The van der Waals surface area contributed by atoms with Crippen molar-refractivity contribution in [3.63, 3.8) is 0 Å². The second-order valence-corrected chi connectivity index (χ2v) is 8.93. The maximum absolute atomic E-state index is 13.3. The van der Waals surface area contributed by atoms with E-state index in [4.69, 9.17) is 20.6 Å². The predicted molar refractivity (Wildman–Crippen MR) is 129 cm³/mol. The number of aromatic hydroxyl groups is 1. The third kappa shape index (κ3) is 4.94. The van der Waals surface area contributed by atoms with E-state index in [1.54, 1.807) is 12.3 Å². The van der Waals surface area contributed by atoms with Crippen LogP contribution in [0, 0.1) is 10.8 Å². The van der Waals surface area contributed by atoms with E-state index in [0.29, 0.717) is 44.4 Å². The molecular weight excluding hydrogens is 454 g/mol. The van der Waals surface area contributed by atoms with Crippen molar-refractivity contribution in [1.82, 2.24) is 14.1 Å². The Hall–Kier alpha value is -3.63. The summed E-state index contributed by atoms with van der Waals surface area (Å²) in [5.74, 6) is -1.13. The first-order chi connectivity index (χ1) is 16.7. The zero-order chi connectivity index (χ0) is 25.8. The Morgan fingerprint density at radius 2 is 2.00 bits per heavy atom. The van der Waals surface area contributed by atoms with Gasteiger partial charge in [0.25, 0.3) is 5.56 Å². The van der Waals surface area contributed by atoms with Crippen molar-refractivity contribution in [3.8, 4) is 11.8 Å². The molecule has 0 atom stereocenters. The highest BCUT2D eigenvalue weighted by Crippen LogP contribution is 2.44. The number of aromatic nitrogens is 3. The third-order valence-corrected chi connectivity index (χ3v) is 6.82. The fourth-order valence-corrected chi connectivity index (χ4v) is 4.92. The van der Waals surface area contributed by atoms with Crippen LogP contribution in [0.15, 0.2) is 27.9 Å². The summed E-state index contributed by atoms with van der Waals surface area (Å²) in [4.78, 5) is 43.6. The molecule has 190 valence electrons. The summed E-state index contributed by atoms with van der Waals surface area (Å²) in [7, 11) is 2.85. The number of nitrogens with two attached hydrogens (primary N) is 1. The van der Waals surface area contributed by atoms with E-state index in [-0.39, 0.29) is 18.1 Å². The van der Waals surface area contributed by atoms with E-state index >= 15 is 0 Å². The standard InChI is InChI=1S/C24H33N5O6/c1-4-5-13-28-20(30)17(18(25)26)21(31)29(23(28)33)16-8-10-24(11-9-16,22(32)35-3)14-15-7-6-12-27-19(15)34-2/h6-7,12,16,30H,4-5,8-11,13-14H2,1-3H3,(H3,25,26). The molecule has 11 heteroatoms. The number of ether oxygens (including phenoxy) is 2. The number of esters is 1. The molecule has 0 bridgehead atoms. The van der Waals surface area contributed by atoms with Gasteiger partial charge in [0.15, 0.2) is 0 Å². The van der Waals surface area contributed by atoms with Crippen molar-refractivity contribution in [2.24, 2.45) is 11.1 Å². The molecule has 0 radical (unpaired) electrons. The predicted octanol–water partition coefficient (Wildman–Crippen LogP) is 1.72. The number of hydrogen-bond acceptors (Lipinski definition) is 8. The normalized spacial score (nSPS) is 19.8. The SMILES string of the molecule is CCCCn1c(O)c(C(=N)N)c(=O)n(C2CCC(Cc3cccnc3OC)(C(=O)OC)CC2)c1=O.